The first kappa shape index (κ1) is 17.1. The monoisotopic (exact) mass is 278 g/mol. The van der Waals surface area contributed by atoms with E-state index in [0.29, 0.717) is 21.4 Å². The van der Waals surface area contributed by atoms with Gasteiger partial charge < -0.3 is 0 Å². The molecule has 0 saturated heterocycles. The minimum Gasteiger partial charge on any atom is -0.298 e. The molecule has 0 rings (SSSR count). The van der Waals surface area contributed by atoms with Crippen molar-refractivity contribution in [1.82, 2.24) is 10.6 Å². The Hall–Kier alpha value is 0.120. The van der Waals surface area contributed by atoms with Gasteiger partial charge in [-0.2, -0.15) is 0 Å². The Morgan fingerprint density at radius 3 is 2.24 bits per heavy atom. The maximum absolute atomic E-state index is 11.5. The van der Waals surface area contributed by atoms with Crippen molar-refractivity contribution in [3.63, 3.8) is 0 Å². The second-order valence-corrected chi connectivity index (χ2v) is 6.06. The van der Waals surface area contributed by atoms with E-state index in [1.54, 1.807) is 0 Å². The molecule has 0 aliphatic carbocycles. The molecule has 0 heterocycles. The van der Waals surface area contributed by atoms with Gasteiger partial charge in [-0.1, -0.05) is 23.1 Å². The molecule has 2 unspecified atom stereocenters. The SMILES string of the molecule is CPCC(=O)[C@H](C)NCN[C@H](C(=O)P)C(C)C. The minimum atomic E-state index is -0.178. The van der Waals surface area contributed by atoms with Gasteiger partial charge >= 0.3 is 0 Å². The molecule has 4 atom stereocenters. The van der Waals surface area contributed by atoms with Crippen molar-refractivity contribution in [3.05, 3.63) is 0 Å². The zero-order chi connectivity index (χ0) is 13.4. The van der Waals surface area contributed by atoms with E-state index >= 15 is 0 Å². The lowest BCUT2D eigenvalue weighted by Crippen LogP contribution is -2.47. The van der Waals surface area contributed by atoms with E-state index in [-0.39, 0.29) is 29.3 Å². The Balaban J connectivity index is 3.96. The number of hydrogen-bond acceptors (Lipinski definition) is 4. The topological polar surface area (TPSA) is 58.2 Å². The van der Waals surface area contributed by atoms with Crippen LogP contribution >= 0.6 is 17.8 Å². The molecule has 4 nitrogen and oxygen atoms in total. The number of nitrogens with one attached hydrogen (secondary N) is 2. The van der Waals surface area contributed by atoms with Crippen molar-refractivity contribution in [2.24, 2.45) is 5.92 Å². The third-order valence-corrected chi connectivity index (χ3v) is 3.60. The summed E-state index contributed by atoms with van der Waals surface area (Å²) in [5.74, 6) is 0.468. The normalized spacial score (nSPS) is 15.4. The molecule has 17 heavy (non-hydrogen) atoms. The Kier molecular flexibility index (Phi) is 9.17. The van der Waals surface area contributed by atoms with Crippen LogP contribution in [-0.2, 0) is 9.59 Å². The number of ketones is 1. The van der Waals surface area contributed by atoms with Gasteiger partial charge in [-0.25, -0.2) is 0 Å². The van der Waals surface area contributed by atoms with Crippen LogP contribution in [0.4, 0.5) is 0 Å². The summed E-state index contributed by atoms with van der Waals surface area (Å²) in [6, 6.07) is -0.328. The number of carbonyl (C=O) groups excluding carboxylic acids is 2. The number of rotatable bonds is 9. The Morgan fingerprint density at radius 1 is 1.24 bits per heavy atom. The smallest absolute Gasteiger partial charge is 0.165 e. The van der Waals surface area contributed by atoms with E-state index in [4.69, 9.17) is 0 Å². The highest BCUT2D eigenvalue weighted by Crippen LogP contribution is 2.06. The van der Waals surface area contributed by atoms with Crippen molar-refractivity contribution in [2.45, 2.75) is 32.9 Å². The standard InChI is InChI=1S/C11H24N2O2P2/c1-7(2)10(11(15)16)13-6-12-8(3)9(14)5-17-4/h7-8,10,12-13,17H,5-6,16H2,1-4H3/t8-,10-/m0/s1. The van der Waals surface area contributed by atoms with Crippen LogP contribution in [0.5, 0.6) is 0 Å². The molecule has 0 saturated carbocycles. The van der Waals surface area contributed by atoms with Crippen LogP contribution in [0.25, 0.3) is 0 Å². The van der Waals surface area contributed by atoms with E-state index in [2.05, 4.69) is 19.9 Å². The first-order valence-corrected chi connectivity index (χ1v) is 8.12. The van der Waals surface area contributed by atoms with Gasteiger partial charge in [-0.05, 0) is 19.5 Å². The molecule has 6 heteroatoms. The third kappa shape index (κ3) is 7.21. The molecule has 0 fully saturated rings. The Bertz CT molecular complexity index is 260. The first-order chi connectivity index (χ1) is 7.90. The molecule has 0 aromatic carbocycles. The van der Waals surface area contributed by atoms with Crippen LogP contribution in [0.3, 0.4) is 0 Å². The van der Waals surface area contributed by atoms with E-state index < -0.39 is 0 Å². The van der Waals surface area contributed by atoms with Crippen LogP contribution < -0.4 is 10.6 Å². The quantitative estimate of drug-likeness (QED) is 0.484. The van der Waals surface area contributed by atoms with Gasteiger partial charge in [0.15, 0.2) is 11.3 Å². The van der Waals surface area contributed by atoms with Crippen molar-refractivity contribution in [3.8, 4) is 0 Å². The van der Waals surface area contributed by atoms with Crippen LogP contribution in [-0.4, -0.2) is 42.9 Å². The highest BCUT2D eigenvalue weighted by Gasteiger charge is 2.18. The molecule has 0 aliphatic heterocycles. The average molecular weight is 278 g/mol. The molecule has 0 spiro atoms. The van der Waals surface area contributed by atoms with Crippen LogP contribution in [0.2, 0.25) is 0 Å². The lowest BCUT2D eigenvalue weighted by atomic mass is 10.1. The molecule has 100 valence electrons. The van der Waals surface area contributed by atoms with Gasteiger partial charge in [0, 0.05) is 12.8 Å². The molecule has 0 bridgehead atoms. The maximum Gasteiger partial charge on any atom is 0.165 e. The highest BCUT2D eigenvalue weighted by molar-refractivity contribution is 7.40. The largest absolute Gasteiger partial charge is 0.298 e. The number of Topliss-reactive ketones (excluding diaryl/α,β-unsaturated/α-hetero) is 1. The molecule has 0 aliphatic rings. The van der Waals surface area contributed by atoms with E-state index in [9.17, 15) is 9.59 Å². The summed E-state index contributed by atoms with van der Waals surface area (Å²) in [5, 5.41) is 6.20. The summed E-state index contributed by atoms with van der Waals surface area (Å²) in [7, 11) is 2.86. The molecular formula is C11H24N2O2P2. The summed E-state index contributed by atoms with van der Waals surface area (Å²) >= 11 is 0. The summed E-state index contributed by atoms with van der Waals surface area (Å²) in [4.78, 5) is 22.8. The maximum atomic E-state index is 11.5. The Morgan fingerprint density at radius 2 is 1.82 bits per heavy atom. The summed E-state index contributed by atoms with van der Waals surface area (Å²) in [5.41, 5.74) is 0.0517. The zero-order valence-corrected chi connectivity index (χ0v) is 13.2. The summed E-state index contributed by atoms with van der Waals surface area (Å²) < 4.78 is 0. The zero-order valence-electron chi connectivity index (χ0n) is 11.0. The van der Waals surface area contributed by atoms with Crippen LogP contribution in [0.1, 0.15) is 20.8 Å². The van der Waals surface area contributed by atoms with Gasteiger partial charge in [0.2, 0.25) is 0 Å². The number of carbonyl (C=O) groups is 2. The fourth-order valence-electron chi connectivity index (χ4n) is 1.43. The number of hydrogen-bond donors (Lipinski definition) is 2. The molecule has 2 N–H and O–H groups in total. The highest BCUT2D eigenvalue weighted by atomic mass is 31.1. The molecule has 0 aromatic heterocycles. The molecule has 0 amide bonds. The van der Waals surface area contributed by atoms with Crippen molar-refractivity contribution < 1.29 is 9.59 Å². The lowest BCUT2D eigenvalue weighted by molar-refractivity contribution is -0.118. The fourth-order valence-corrected chi connectivity index (χ4v) is 2.59. The molecular weight excluding hydrogens is 254 g/mol. The molecule has 0 aromatic rings. The summed E-state index contributed by atoms with van der Waals surface area (Å²) in [6.07, 6.45) is 0.629. The van der Waals surface area contributed by atoms with Gasteiger partial charge in [0.25, 0.3) is 0 Å². The lowest BCUT2D eigenvalue weighted by Gasteiger charge is -2.21. The Labute approximate surface area is 108 Å². The van der Waals surface area contributed by atoms with Crippen molar-refractivity contribution >= 4 is 29.1 Å². The van der Waals surface area contributed by atoms with Gasteiger partial charge in [0.05, 0.1) is 12.1 Å². The predicted octanol–water partition coefficient (Wildman–Crippen LogP) is 0.815. The minimum absolute atomic E-state index is 0.0517. The van der Waals surface area contributed by atoms with E-state index in [1.807, 2.05) is 27.4 Å². The van der Waals surface area contributed by atoms with Crippen molar-refractivity contribution in [2.75, 3.05) is 19.5 Å². The molecule has 0 radical (unpaired) electrons. The first-order valence-electron chi connectivity index (χ1n) is 5.83. The van der Waals surface area contributed by atoms with E-state index in [0.717, 1.165) is 0 Å². The van der Waals surface area contributed by atoms with E-state index in [1.165, 1.54) is 0 Å². The predicted molar refractivity (Wildman–Crippen MR) is 78.1 cm³/mol. The van der Waals surface area contributed by atoms with Gasteiger partial charge in [-0.15, -0.1) is 8.58 Å². The third-order valence-electron chi connectivity index (χ3n) is 2.54. The summed E-state index contributed by atoms with van der Waals surface area (Å²) in [6.45, 7) is 8.34. The second kappa shape index (κ2) is 9.10. The fraction of sp³-hybridized carbons (Fsp3) is 0.818. The average Bonchev–Trinajstić information content (AvgIpc) is 2.23. The second-order valence-electron chi connectivity index (χ2n) is 4.43. The van der Waals surface area contributed by atoms with Crippen LogP contribution in [0, 0.1) is 5.92 Å². The van der Waals surface area contributed by atoms with Gasteiger partial charge in [-0.3, -0.25) is 20.2 Å². The van der Waals surface area contributed by atoms with Crippen molar-refractivity contribution in [1.29, 1.82) is 0 Å². The van der Waals surface area contributed by atoms with Gasteiger partial charge in [0.1, 0.15) is 0 Å². The van der Waals surface area contributed by atoms with Crippen LogP contribution in [0.15, 0.2) is 0 Å².